The van der Waals surface area contributed by atoms with Crippen LogP contribution in [0.3, 0.4) is 0 Å². The number of thiazole rings is 1. The Morgan fingerprint density at radius 3 is 2.75 bits per heavy atom. The Morgan fingerprint density at radius 2 is 2.08 bits per heavy atom. The Bertz CT molecular complexity index is 795. The van der Waals surface area contributed by atoms with E-state index >= 15 is 0 Å². The van der Waals surface area contributed by atoms with Gasteiger partial charge in [0, 0.05) is 10.9 Å². The summed E-state index contributed by atoms with van der Waals surface area (Å²) in [7, 11) is 0. The molecule has 3 rings (SSSR count). The molecule has 0 saturated heterocycles. The van der Waals surface area contributed by atoms with Gasteiger partial charge in [-0.3, -0.25) is 4.79 Å². The van der Waals surface area contributed by atoms with Crippen LogP contribution in [0.5, 0.6) is 5.75 Å². The van der Waals surface area contributed by atoms with Crippen molar-refractivity contribution in [2.24, 2.45) is 0 Å². The van der Waals surface area contributed by atoms with Gasteiger partial charge in [-0.15, -0.1) is 11.3 Å². The van der Waals surface area contributed by atoms with Crippen molar-refractivity contribution in [3.8, 4) is 16.3 Å². The molecule has 24 heavy (non-hydrogen) atoms. The first-order valence-corrected chi connectivity index (χ1v) is 9.45. The van der Waals surface area contributed by atoms with Crippen LogP contribution in [0.1, 0.15) is 35.1 Å². The average Bonchev–Trinajstić information content (AvgIpc) is 3.27. The zero-order valence-electron chi connectivity index (χ0n) is 13.5. The molecule has 3 aromatic rings. The molecule has 0 bridgehead atoms. The predicted molar refractivity (Wildman–Crippen MR) is 98.9 cm³/mol. The zero-order chi connectivity index (χ0) is 16.9. The first-order chi connectivity index (χ1) is 11.7. The van der Waals surface area contributed by atoms with Gasteiger partial charge in [-0.25, -0.2) is 4.98 Å². The van der Waals surface area contributed by atoms with Crippen LogP contribution in [0, 0.1) is 0 Å². The molecule has 0 saturated carbocycles. The third-order valence-corrected chi connectivity index (χ3v) is 5.26. The molecule has 0 aliphatic carbocycles. The highest BCUT2D eigenvalue weighted by Crippen LogP contribution is 2.27. The normalized spacial score (nSPS) is 11.9. The quantitative estimate of drug-likeness (QED) is 0.691. The summed E-state index contributed by atoms with van der Waals surface area (Å²) in [6, 6.07) is 9.71. The summed E-state index contributed by atoms with van der Waals surface area (Å²) in [6.45, 7) is 4.56. The van der Waals surface area contributed by atoms with E-state index in [1.54, 1.807) is 17.5 Å². The summed E-state index contributed by atoms with van der Waals surface area (Å²) in [5, 5.41) is 7.92. The van der Waals surface area contributed by atoms with Gasteiger partial charge in [0.15, 0.2) is 0 Å². The second-order valence-electron chi connectivity index (χ2n) is 5.24. The SMILES string of the molecule is CCOc1ccc(C(C)NC(=O)c2cnc(-c3ccsc3)s2)cc1. The van der Waals surface area contributed by atoms with Crippen LogP contribution < -0.4 is 10.1 Å². The first-order valence-electron chi connectivity index (χ1n) is 7.69. The van der Waals surface area contributed by atoms with Crippen LogP contribution >= 0.6 is 22.7 Å². The molecule has 0 aliphatic heterocycles. The molecule has 4 nitrogen and oxygen atoms in total. The summed E-state index contributed by atoms with van der Waals surface area (Å²) in [5.41, 5.74) is 2.10. The van der Waals surface area contributed by atoms with Crippen LogP contribution in [0.2, 0.25) is 0 Å². The molecule has 1 aromatic carbocycles. The molecule has 0 spiro atoms. The molecule has 1 unspecified atom stereocenters. The Hall–Kier alpha value is -2.18. The van der Waals surface area contributed by atoms with Gasteiger partial charge >= 0.3 is 0 Å². The number of nitrogens with one attached hydrogen (secondary N) is 1. The van der Waals surface area contributed by atoms with Gasteiger partial charge in [-0.05, 0) is 43.0 Å². The Balaban J connectivity index is 1.65. The van der Waals surface area contributed by atoms with Crippen molar-refractivity contribution in [3.05, 3.63) is 57.7 Å². The Labute approximate surface area is 149 Å². The first kappa shape index (κ1) is 16.7. The van der Waals surface area contributed by atoms with Crippen molar-refractivity contribution in [1.29, 1.82) is 0 Å². The summed E-state index contributed by atoms with van der Waals surface area (Å²) in [5.74, 6) is 0.734. The molecule has 1 amide bonds. The lowest BCUT2D eigenvalue weighted by molar-refractivity contribution is 0.0944. The van der Waals surface area contributed by atoms with Crippen molar-refractivity contribution < 1.29 is 9.53 Å². The van der Waals surface area contributed by atoms with Crippen LogP contribution in [0.4, 0.5) is 0 Å². The minimum absolute atomic E-state index is 0.0834. The number of rotatable bonds is 6. The Kier molecular flexibility index (Phi) is 5.27. The van der Waals surface area contributed by atoms with Crippen LogP contribution in [0.25, 0.3) is 10.6 Å². The summed E-state index contributed by atoms with van der Waals surface area (Å²) in [4.78, 5) is 17.4. The van der Waals surface area contributed by atoms with Gasteiger partial charge in [0.05, 0.1) is 18.8 Å². The molecule has 0 fully saturated rings. The smallest absolute Gasteiger partial charge is 0.263 e. The largest absolute Gasteiger partial charge is 0.494 e. The van der Waals surface area contributed by atoms with Gasteiger partial charge in [-0.1, -0.05) is 12.1 Å². The maximum Gasteiger partial charge on any atom is 0.263 e. The van der Waals surface area contributed by atoms with Crippen LogP contribution in [0.15, 0.2) is 47.3 Å². The second kappa shape index (κ2) is 7.59. The maximum absolute atomic E-state index is 12.4. The highest BCUT2D eigenvalue weighted by atomic mass is 32.1. The highest BCUT2D eigenvalue weighted by Gasteiger charge is 2.15. The van der Waals surface area contributed by atoms with E-state index in [1.165, 1.54) is 11.3 Å². The predicted octanol–water partition coefficient (Wildman–Crippen LogP) is 4.76. The lowest BCUT2D eigenvalue weighted by atomic mass is 10.1. The molecule has 1 N–H and O–H groups in total. The van der Waals surface area contributed by atoms with Crippen LogP contribution in [-0.4, -0.2) is 17.5 Å². The van der Waals surface area contributed by atoms with E-state index in [9.17, 15) is 4.79 Å². The van der Waals surface area contributed by atoms with Crippen molar-refractivity contribution >= 4 is 28.6 Å². The number of ether oxygens (including phenoxy) is 1. The van der Waals surface area contributed by atoms with Gasteiger partial charge in [-0.2, -0.15) is 11.3 Å². The molecule has 6 heteroatoms. The fraction of sp³-hybridized carbons (Fsp3) is 0.222. The molecule has 0 radical (unpaired) electrons. The standard InChI is InChI=1S/C18H18N2O2S2/c1-3-22-15-6-4-13(5-7-15)12(2)20-17(21)16-10-19-18(24-16)14-8-9-23-11-14/h4-12H,3H2,1-2H3,(H,20,21). The highest BCUT2D eigenvalue weighted by molar-refractivity contribution is 7.17. The van der Waals surface area contributed by atoms with Gasteiger partial charge in [0.25, 0.3) is 5.91 Å². The summed E-state index contributed by atoms with van der Waals surface area (Å²) in [6.07, 6.45) is 1.64. The minimum atomic E-state index is -0.102. The molecule has 0 aliphatic rings. The molecule has 124 valence electrons. The number of thiophene rings is 1. The monoisotopic (exact) mass is 358 g/mol. The number of amides is 1. The van der Waals surface area contributed by atoms with Crippen LogP contribution in [-0.2, 0) is 0 Å². The van der Waals surface area contributed by atoms with Crippen molar-refractivity contribution in [1.82, 2.24) is 10.3 Å². The number of hydrogen-bond donors (Lipinski definition) is 1. The molecule has 2 heterocycles. The number of carbonyl (C=O) groups excluding carboxylic acids is 1. The molecular formula is C18H18N2O2S2. The topological polar surface area (TPSA) is 51.2 Å². The van der Waals surface area contributed by atoms with E-state index in [-0.39, 0.29) is 11.9 Å². The van der Waals surface area contributed by atoms with E-state index < -0.39 is 0 Å². The zero-order valence-corrected chi connectivity index (χ0v) is 15.1. The Morgan fingerprint density at radius 1 is 1.29 bits per heavy atom. The van der Waals surface area contributed by atoms with Crippen molar-refractivity contribution in [3.63, 3.8) is 0 Å². The summed E-state index contributed by atoms with van der Waals surface area (Å²) < 4.78 is 5.44. The lowest BCUT2D eigenvalue weighted by Gasteiger charge is -2.14. The van der Waals surface area contributed by atoms with E-state index in [2.05, 4.69) is 10.3 Å². The lowest BCUT2D eigenvalue weighted by Crippen LogP contribution is -2.25. The van der Waals surface area contributed by atoms with E-state index in [1.807, 2.05) is 54.9 Å². The number of benzene rings is 1. The molecule has 2 aromatic heterocycles. The number of nitrogens with zero attached hydrogens (tertiary/aromatic N) is 1. The summed E-state index contributed by atoms with van der Waals surface area (Å²) >= 11 is 3.03. The fourth-order valence-corrected chi connectivity index (χ4v) is 3.80. The number of hydrogen-bond acceptors (Lipinski definition) is 5. The van der Waals surface area contributed by atoms with E-state index in [4.69, 9.17) is 4.74 Å². The number of carbonyl (C=O) groups is 1. The third-order valence-electron chi connectivity index (χ3n) is 3.54. The van der Waals surface area contributed by atoms with E-state index in [0.717, 1.165) is 21.9 Å². The van der Waals surface area contributed by atoms with Gasteiger partial charge < -0.3 is 10.1 Å². The third kappa shape index (κ3) is 3.83. The van der Waals surface area contributed by atoms with Gasteiger partial charge in [0.1, 0.15) is 15.6 Å². The van der Waals surface area contributed by atoms with Crippen molar-refractivity contribution in [2.75, 3.05) is 6.61 Å². The average molecular weight is 358 g/mol. The minimum Gasteiger partial charge on any atom is -0.494 e. The number of aromatic nitrogens is 1. The maximum atomic E-state index is 12.4. The molecular weight excluding hydrogens is 340 g/mol. The van der Waals surface area contributed by atoms with Crippen molar-refractivity contribution in [2.45, 2.75) is 19.9 Å². The fourth-order valence-electron chi connectivity index (χ4n) is 2.27. The van der Waals surface area contributed by atoms with Gasteiger partial charge in [0.2, 0.25) is 0 Å². The second-order valence-corrected chi connectivity index (χ2v) is 7.05. The van der Waals surface area contributed by atoms with E-state index in [0.29, 0.717) is 11.5 Å². The molecule has 1 atom stereocenters.